The quantitative estimate of drug-likeness (QED) is 0.183. The summed E-state index contributed by atoms with van der Waals surface area (Å²) in [4.78, 5) is 32.7. The van der Waals surface area contributed by atoms with Crippen molar-refractivity contribution in [1.29, 1.82) is 0 Å². The van der Waals surface area contributed by atoms with E-state index in [1.54, 1.807) is 0 Å². The highest BCUT2D eigenvalue weighted by atomic mass is 35.5. The molecule has 0 saturated carbocycles. The second kappa shape index (κ2) is 19.7. The maximum absolute atomic E-state index is 13.0. The molecule has 1 amide bonds. The van der Waals surface area contributed by atoms with E-state index in [-0.39, 0.29) is 49.4 Å². The molecule has 10 nitrogen and oxygen atoms in total. The Hall–Kier alpha value is -1.53. The van der Waals surface area contributed by atoms with Gasteiger partial charge in [-0.15, -0.1) is 48.0 Å². The van der Waals surface area contributed by atoms with Crippen LogP contribution in [0.15, 0.2) is 18.2 Å². The number of halogens is 4. The van der Waals surface area contributed by atoms with E-state index < -0.39 is 18.1 Å². The molecule has 2 heterocycles. The van der Waals surface area contributed by atoms with Crippen LogP contribution in [0.4, 0.5) is 5.69 Å². The van der Waals surface area contributed by atoms with Gasteiger partial charge in [0.15, 0.2) is 0 Å². The van der Waals surface area contributed by atoms with Gasteiger partial charge in [0.2, 0.25) is 5.91 Å². The molecule has 3 rings (SSSR count). The van der Waals surface area contributed by atoms with Crippen molar-refractivity contribution in [1.82, 2.24) is 20.2 Å². The number of nitrogens with one attached hydrogen (secondary N) is 2. The minimum absolute atomic E-state index is 0. The Balaban J connectivity index is 0.00000441. The van der Waals surface area contributed by atoms with Crippen LogP contribution in [0.2, 0.25) is 0 Å². The van der Waals surface area contributed by atoms with Crippen molar-refractivity contribution in [3.05, 3.63) is 24.0 Å². The zero-order valence-corrected chi connectivity index (χ0v) is 27.8. The molecule has 0 spiro atoms. The SMILES string of the molecule is CC(C)C[C@H](NC(=O)[C@@H](N)CCc1nc2cc(N(CCCl)CCCl)ccc2n1C)C(=O)OCCC1CNCCO1.Cl.Cl. The standard InChI is InChI=1S/C28H44Cl2N6O4.2ClH/c1-19(2)16-24(28(38)40-14-8-21-18-32-11-15-39-21)34-27(37)22(31)5-7-26-33-23-17-20(4-6-25(23)35(26)3)36(12-9-29)13-10-30;;/h4,6,17,19,21-22,24,32H,5,7-16,18,31H2,1-3H3,(H,34,37);2*1H/t21?,22-,24-;;/m0../s1. The smallest absolute Gasteiger partial charge is 0.328 e. The number of esters is 1. The van der Waals surface area contributed by atoms with E-state index in [9.17, 15) is 9.59 Å². The maximum atomic E-state index is 13.0. The molecule has 3 atom stereocenters. The van der Waals surface area contributed by atoms with Gasteiger partial charge in [-0.25, -0.2) is 9.78 Å². The first-order chi connectivity index (χ1) is 19.2. The Morgan fingerprint density at radius 1 is 1.26 bits per heavy atom. The second-order valence-corrected chi connectivity index (χ2v) is 11.4. The van der Waals surface area contributed by atoms with Gasteiger partial charge >= 0.3 is 5.97 Å². The van der Waals surface area contributed by atoms with E-state index in [1.165, 1.54) is 0 Å². The molecule has 1 aromatic carbocycles. The Kier molecular flexibility index (Phi) is 18.0. The molecule has 2 aromatic rings. The molecular formula is C28H46Cl4N6O4. The van der Waals surface area contributed by atoms with Gasteiger partial charge < -0.3 is 35.3 Å². The molecule has 42 heavy (non-hydrogen) atoms. The van der Waals surface area contributed by atoms with Crippen LogP contribution in [-0.4, -0.2) is 90.8 Å². The number of nitrogens with two attached hydrogens (primary N) is 1. The lowest BCUT2D eigenvalue weighted by Gasteiger charge is -2.24. The van der Waals surface area contributed by atoms with Crippen molar-refractivity contribution in [3.8, 4) is 0 Å². The van der Waals surface area contributed by atoms with Gasteiger partial charge in [-0.1, -0.05) is 13.8 Å². The predicted molar refractivity (Wildman–Crippen MR) is 175 cm³/mol. The third-order valence-electron chi connectivity index (χ3n) is 7.04. The molecule has 1 aliphatic heterocycles. The topological polar surface area (TPSA) is 124 Å². The maximum Gasteiger partial charge on any atom is 0.328 e. The number of imidazole rings is 1. The van der Waals surface area contributed by atoms with Gasteiger partial charge in [0.05, 0.1) is 36.4 Å². The molecule has 0 radical (unpaired) electrons. The molecule has 4 N–H and O–H groups in total. The number of hydrogen-bond acceptors (Lipinski definition) is 8. The Bertz CT molecular complexity index is 1090. The zero-order valence-electron chi connectivity index (χ0n) is 24.7. The Morgan fingerprint density at radius 3 is 2.60 bits per heavy atom. The first kappa shape index (κ1) is 38.5. The molecule has 1 fully saturated rings. The Morgan fingerprint density at radius 2 is 1.98 bits per heavy atom. The van der Waals surface area contributed by atoms with Crippen LogP contribution in [0.3, 0.4) is 0 Å². The summed E-state index contributed by atoms with van der Waals surface area (Å²) < 4.78 is 13.2. The lowest BCUT2D eigenvalue weighted by Crippen LogP contribution is -2.49. The van der Waals surface area contributed by atoms with Crippen molar-refractivity contribution >= 4 is 76.6 Å². The number of ether oxygens (including phenoxy) is 2. The summed E-state index contributed by atoms with van der Waals surface area (Å²) in [5.41, 5.74) is 9.12. The number of morpholine rings is 1. The molecule has 0 aliphatic carbocycles. The Labute approximate surface area is 271 Å². The van der Waals surface area contributed by atoms with E-state index in [0.717, 1.165) is 35.6 Å². The molecule has 240 valence electrons. The van der Waals surface area contributed by atoms with Crippen LogP contribution >= 0.6 is 48.0 Å². The van der Waals surface area contributed by atoms with Gasteiger partial charge in [0.1, 0.15) is 11.9 Å². The number of aryl methyl sites for hydroxylation is 2. The van der Waals surface area contributed by atoms with Crippen molar-refractivity contribution in [2.45, 2.75) is 57.7 Å². The summed E-state index contributed by atoms with van der Waals surface area (Å²) in [5.74, 6) is 1.21. The lowest BCUT2D eigenvalue weighted by atomic mass is 10.0. The average molecular weight is 673 g/mol. The molecule has 1 saturated heterocycles. The van der Waals surface area contributed by atoms with Crippen molar-refractivity contribution in [2.24, 2.45) is 18.7 Å². The fourth-order valence-corrected chi connectivity index (χ4v) is 5.22. The van der Waals surface area contributed by atoms with Crippen molar-refractivity contribution < 1.29 is 19.1 Å². The molecule has 0 bridgehead atoms. The second-order valence-electron chi connectivity index (χ2n) is 10.6. The molecular weight excluding hydrogens is 626 g/mol. The summed E-state index contributed by atoms with van der Waals surface area (Å²) in [7, 11) is 1.95. The molecule has 1 unspecified atom stereocenters. The summed E-state index contributed by atoms with van der Waals surface area (Å²) in [6.07, 6.45) is 2.00. The van der Waals surface area contributed by atoms with E-state index in [4.69, 9.17) is 43.4 Å². The predicted octanol–water partition coefficient (Wildman–Crippen LogP) is 3.41. The molecule has 14 heteroatoms. The highest BCUT2D eigenvalue weighted by Gasteiger charge is 2.26. The monoisotopic (exact) mass is 670 g/mol. The zero-order chi connectivity index (χ0) is 29.1. The number of anilines is 1. The summed E-state index contributed by atoms with van der Waals surface area (Å²) >= 11 is 11.9. The number of aromatic nitrogens is 2. The third kappa shape index (κ3) is 11.5. The number of fused-ring (bicyclic) bond motifs is 1. The fourth-order valence-electron chi connectivity index (χ4n) is 4.81. The van der Waals surface area contributed by atoms with E-state index >= 15 is 0 Å². The minimum atomic E-state index is -0.789. The molecule has 1 aliphatic rings. The summed E-state index contributed by atoms with van der Waals surface area (Å²) in [6.45, 7) is 7.85. The summed E-state index contributed by atoms with van der Waals surface area (Å²) in [5, 5.41) is 6.08. The van der Waals surface area contributed by atoms with Gasteiger partial charge in [0, 0.05) is 63.5 Å². The third-order valence-corrected chi connectivity index (χ3v) is 7.38. The van der Waals surface area contributed by atoms with Gasteiger partial charge in [-0.2, -0.15) is 0 Å². The van der Waals surface area contributed by atoms with Crippen LogP contribution < -0.4 is 21.3 Å². The number of amides is 1. The number of carbonyl (C=O) groups excluding carboxylic acids is 2. The highest BCUT2D eigenvalue weighted by Crippen LogP contribution is 2.23. The lowest BCUT2D eigenvalue weighted by molar-refractivity contribution is -0.149. The number of carbonyl (C=O) groups is 2. The van der Waals surface area contributed by atoms with Crippen LogP contribution in [0, 0.1) is 5.92 Å². The van der Waals surface area contributed by atoms with Gasteiger partial charge in [-0.05, 0) is 37.0 Å². The highest BCUT2D eigenvalue weighted by molar-refractivity contribution is 6.18. The van der Waals surface area contributed by atoms with Crippen LogP contribution in [-0.2, 0) is 32.5 Å². The van der Waals surface area contributed by atoms with Crippen LogP contribution in [0.25, 0.3) is 11.0 Å². The fraction of sp³-hybridized carbons (Fsp3) is 0.679. The number of rotatable bonds is 16. The summed E-state index contributed by atoms with van der Waals surface area (Å²) in [6, 6.07) is 4.56. The van der Waals surface area contributed by atoms with Crippen LogP contribution in [0.1, 0.15) is 38.9 Å². The van der Waals surface area contributed by atoms with E-state index in [2.05, 4.69) is 15.5 Å². The van der Waals surface area contributed by atoms with E-state index in [1.807, 2.05) is 43.7 Å². The van der Waals surface area contributed by atoms with Gasteiger partial charge in [0.25, 0.3) is 0 Å². The minimum Gasteiger partial charge on any atom is -0.464 e. The van der Waals surface area contributed by atoms with Gasteiger partial charge in [-0.3, -0.25) is 4.79 Å². The average Bonchev–Trinajstić information content (AvgIpc) is 3.25. The van der Waals surface area contributed by atoms with Crippen molar-refractivity contribution in [2.75, 3.05) is 56.1 Å². The number of nitrogens with zero attached hydrogens (tertiary/aromatic N) is 3. The first-order valence-electron chi connectivity index (χ1n) is 14.1. The van der Waals surface area contributed by atoms with Crippen molar-refractivity contribution in [3.63, 3.8) is 0 Å². The number of benzene rings is 1. The number of hydrogen-bond donors (Lipinski definition) is 3. The van der Waals surface area contributed by atoms with E-state index in [0.29, 0.717) is 57.1 Å². The largest absolute Gasteiger partial charge is 0.464 e. The number of alkyl halides is 2. The molecule has 1 aromatic heterocycles. The first-order valence-corrected chi connectivity index (χ1v) is 15.2. The normalized spacial score (nSPS) is 16.3. The van der Waals surface area contributed by atoms with Crippen LogP contribution in [0.5, 0.6) is 0 Å².